The molecule has 8 heteroatoms. The molecule has 1 atom stereocenters. The molecule has 0 aromatic heterocycles. The van der Waals surface area contributed by atoms with Gasteiger partial charge in [0.05, 0.1) is 29.3 Å². The number of hydrogen-bond donors (Lipinski definition) is 2. The van der Waals surface area contributed by atoms with Gasteiger partial charge in [-0.3, -0.25) is 10.1 Å². The van der Waals surface area contributed by atoms with Gasteiger partial charge in [0.25, 0.3) is 5.69 Å². The van der Waals surface area contributed by atoms with Crippen molar-refractivity contribution in [3.05, 3.63) is 33.6 Å². The fourth-order valence-corrected chi connectivity index (χ4v) is 1.86. The van der Waals surface area contributed by atoms with Crippen LogP contribution in [0.3, 0.4) is 0 Å². The van der Waals surface area contributed by atoms with Gasteiger partial charge in [0.15, 0.2) is 5.82 Å². The fraction of sp³-hybridized carbons (Fsp3) is 0.364. The third kappa shape index (κ3) is 2.79. The molecule has 1 aromatic carbocycles. The number of carbonyl (C=O) groups is 1. The molecule has 1 aliphatic rings. The van der Waals surface area contributed by atoms with Gasteiger partial charge in [0, 0.05) is 6.61 Å². The number of carboxylic acid groups (broad SMARTS) is 1. The van der Waals surface area contributed by atoms with Crippen molar-refractivity contribution in [2.75, 3.05) is 18.5 Å². The van der Waals surface area contributed by atoms with Gasteiger partial charge < -0.3 is 15.2 Å². The summed E-state index contributed by atoms with van der Waals surface area (Å²) in [7, 11) is 0. The highest BCUT2D eigenvalue weighted by Gasteiger charge is 2.25. The first-order chi connectivity index (χ1) is 8.99. The Morgan fingerprint density at radius 3 is 2.84 bits per heavy atom. The predicted octanol–water partition coefficient (Wildman–Crippen LogP) is 1.63. The number of anilines is 1. The molecule has 7 nitrogen and oxygen atoms in total. The van der Waals surface area contributed by atoms with Crippen LogP contribution in [0.1, 0.15) is 16.8 Å². The highest BCUT2D eigenvalue weighted by Crippen LogP contribution is 2.27. The molecule has 2 N–H and O–H groups in total. The van der Waals surface area contributed by atoms with Gasteiger partial charge in [-0.1, -0.05) is 0 Å². The Morgan fingerprint density at radius 1 is 1.58 bits per heavy atom. The second-order valence-corrected chi connectivity index (χ2v) is 4.12. The zero-order chi connectivity index (χ0) is 14.0. The topological polar surface area (TPSA) is 102 Å². The van der Waals surface area contributed by atoms with E-state index in [1.807, 2.05) is 0 Å². The van der Waals surface area contributed by atoms with E-state index in [1.54, 1.807) is 0 Å². The first-order valence-electron chi connectivity index (χ1n) is 5.54. The number of nitro groups is 1. The molecule has 1 aliphatic heterocycles. The van der Waals surface area contributed by atoms with E-state index < -0.39 is 28.0 Å². The third-order valence-electron chi connectivity index (χ3n) is 2.80. The number of carboxylic acids is 1. The minimum Gasteiger partial charge on any atom is -0.477 e. The summed E-state index contributed by atoms with van der Waals surface area (Å²) in [6, 6.07) is 1.42. The summed E-state index contributed by atoms with van der Waals surface area (Å²) < 4.78 is 18.8. The monoisotopic (exact) mass is 270 g/mol. The molecule has 1 heterocycles. The number of aromatic carboxylic acids is 1. The summed E-state index contributed by atoms with van der Waals surface area (Å²) in [5.41, 5.74) is -1.38. The Balaban J connectivity index is 2.36. The van der Waals surface area contributed by atoms with Crippen molar-refractivity contribution >= 4 is 17.3 Å². The normalized spacial score (nSPS) is 18.3. The summed E-state index contributed by atoms with van der Waals surface area (Å²) in [6.07, 6.45) is 0.666. The van der Waals surface area contributed by atoms with Crippen molar-refractivity contribution < 1.29 is 24.0 Å². The Kier molecular flexibility index (Phi) is 3.61. The van der Waals surface area contributed by atoms with Crippen molar-refractivity contribution in [1.82, 2.24) is 0 Å². The Labute approximate surface area is 107 Å². The van der Waals surface area contributed by atoms with Crippen molar-refractivity contribution in [2.24, 2.45) is 0 Å². The van der Waals surface area contributed by atoms with Crippen LogP contribution < -0.4 is 5.32 Å². The molecule has 2 rings (SSSR count). The van der Waals surface area contributed by atoms with E-state index in [2.05, 4.69) is 5.32 Å². The lowest BCUT2D eigenvalue weighted by molar-refractivity contribution is -0.385. The van der Waals surface area contributed by atoms with Gasteiger partial charge in [0.2, 0.25) is 0 Å². The zero-order valence-electron chi connectivity index (χ0n) is 9.76. The number of nitrogens with one attached hydrogen (secondary N) is 1. The van der Waals surface area contributed by atoms with E-state index in [1.165, 1.54) is 0 Å². The lowest BCUT2D eigenvalue weighted by Crippen LogP contribution is -2.20. The molecule has 0 saturated carbocycles. The van der Waals surface area contributed by atoms with Crippen molar-refractivity contribution in [3.63, 3.8) is 0 Å². The van der Waals surface area contributed by atoms with E-state index in [0.717, 1.165) is 6.07 Å². The molecular formula is C11H11FN2O5. The summed E-state index contributed by atoms with van der Waals surface area (Å²) >= 11 is 0. The Bertz CT molecular complexity index is 528. The summed E-state index contributed by atoms with van der Waals surface area (Å²) in [5.74, 6) is -2.33. The lowest BCUT2D eigenvalue weighted by Gasteiger charge is -2.13. The molecule has 0 spiro atoms. The number of benzene rings is 1. The maximum Gasteiger partial charge on any atom is 0.342 e. The molecule has 1 saturated heterocycles. The smallest absolute Gasteiger partial charge is 0.342 e. The molecule has 0 bridgehead atoms. The van der Waals surface area contributed by atoms with Crippen LogP contribution in [-0.4, -0.2) is 35.3 Å². The molecule has 19 heavy (non-hydrogen) atoms. The third-order valence-corrected chi connectivity index (χ3v) is 2.80. The Morgan fingerprint density at radius 2 is 2.32 bits per heavy atom. The number of rotatable bonds is 4. The van der Waals surface area contributed by atoms with E-state index in [-0.39, 0.29) is 11.7 Å². The number of ether oxygens (including phenoxy) is 1. The van der Waals surface area contributed by atoms with Gasteiger partial charge in [-0.05, 0) is 12.5 Å². The SMILES string of the molecule is O=C(O)c1cc(NC2CCOC2)c(F)cc1[N+](=O)[O-]. The van der Waals surface area contributed by atoms with Crippen LogP contribution in [0.5, 0.6) is 0 Å². The summed E-state index contributed by atoms with van der Waals surface area (Å²) in [4.78, 5) is 20.7. The van der Waals surface area contributed by atoms with Crippen LogP contribution in [0.2, 0.25) is 0 Å². The maximum atomic E-state index is 13.7. The quantitative estimate of drug-likeness (QED) is 0.637. The van der Waals surface area contributed by atoms with E-state index >= 15 is 0 Å². The molecule has 102 valence electrons. The molecule has 1 fully saturated rings. The van der Waals surface area contributed by atoms with Crippen LogP contribution in [-0.2, 0) is 4.74 Å². The van der Waals surface area contributed by atoms with Crippen LogP contribution in [0.15, 0.2) is 12.1 Å². The minimum atomic E-state index is -1.47. The maximum absolute atomic E-state index is 13.7. The van der Waals surface area contributed by atoms with Crippen molar-refractivity contribution in [3.8, 4) is 0 Å². The van der Waals surface area contributed by atoms with Crippen LogP contribution in [0, 0.1) is 15.9 Å². The van der Waals surface area contributed by atoms with E-state index in [0.29, 0.717) is 25.7 Å². The van der Waals surface area contributed by atoms with Gasteiger partial charge in [-0.2, -0.15) is 0 Å². The number of halogens is 1. The minimum absolute atomic E-state index is 0.0708. The number of hydrogen-bond acceptors (Lipinski definition) is 5. The number of nitro benzene ring substituents is 1. The molecule has 0 radical (unpaired) electrons. The first kappa shape index (κ1) is 13.2. The van der Waals surface area contributed by atoms with Gasteiger partial charge in [-0.25, -0.2) is 9.18 Å². The van der Waals surface area contributed by atoms with Crippen LogP contribution >= 0.6 is 0 Å². The Hall–Kier alpha value is -2.22. The highest BCUT2D eigenvalue weighted by atomic mass is 19.1. The van der Waals surface area contributed by atoms with Gasteiger partial charge in [-0.15, -0.1) is 0 Å². The molecule has 0 amide bonds. The van der Waals surface area contributed by atoms with Gasteiger partial charge in [0.1, 0.15) is 5.56 Å². The molecule has 1 aromatic rings. The van der Waals surface area contributed by atoms with Crippen LogP contribution in [0.4, 0.5) is 15.8 Å². The largest absolute Gasteiger partial charge is 0.477 e. The average molecular weight is 270 g/mol. The van der Waals surface area contributed by atoms with Crippen LogP contribution in [0.25, 0.3) is 0 Å². The standard InChI is InChI=1S/C11H11FN2O5/c12-8-4-10(14(17)18)7(11(15)16)3-9(8)13-6-1-2-19-5-6/h3-4,6,13H,1-2,5H2,(H,15,16). The fourth-order valence-electron chi connectivity index (χ4n) is 1.86. The second kappa shape index (κ2) is 5.19. The lowest BCUT2D eigenvalue weighted by atomic mass is 10.1. The average Bonchev–Trinajstić information content (AvgIpc) is 2.83. The molecule has 1 unspecified atom stereocenters. The molecule has 0 aliphatic carbocycles. The van der Waals surface area contributed by atoms with E-state index in [4.69, 9.17) is 9.84 Å². The second-order valence-electron chi connectivity index (χ2n) is 4.12. The zero-order valence-corrected chi connectivity index (χ0v) is 9.76. The molecular weight excluding hydrogens is 259 g/mol. The predicted molar refractivity (Wildman–Crippen MR) is 62.9 cm³/mol. The van der Waals surface area contributed by atoms with Gasteiger partial charge >= 0.3 is 5.97 Å². The van der Waals surface area contributed by atoms with Crippen molar-refractivity contribution in [2.45, 2.75) is 12.5 Å². The highest BCUT2D eigenvalue weighted by molar-refractivity contribution is 5.93. The van der Waals surface area contributed by atoms with Crippen molar-refractivity contribution in [1.29, 1.82) is 0 Å². The van der Waals surface area contributed by atoms with E-state index in [9.17, 15) is 19.3 Å². The first-order valence-corrected chi connectivity index (χ1v) is 5.54. The summed E-state index contributed by atoms with van der Waals surface area (Å²) in [5, 5.41) is 22.4. The number of nitrogens with zero attached hydrogens (tertiary/aromatic N) is 1. The summed E-state index contributed by atoms with van der Waals surface area (Å²) in [6.45, 7) is 0.927.